The van der Waals surface area contributed by atoms with Gasteiger partial charge < -0.3 is 15.8 Å². The van der Waals surface area contributed by atoms with Crippen LogP contribution >= 0.6 is 11.6 Å². The van der Waals surface area contributed by atoms with E-state index in [1.54, 1.807) is 30.3 Å². The Morgan fingerprint density at radius 2 is 1.84 bits per heavy atom. The molecule has 0 aliphatic heterocycles. The molecule has 0 saturated heterocycles. The van der Waals surface area contributed by atoms with Gasteiger partial charge in [-0.3, -0.25) is 4.79 Å². The van der Waals surface area contributed by atoms with Crippen LogP contribution in [-0.2, 0) is 16.3 Å². The predicted molar refractivity (Wildman–Crippen MR) is 114 cm³/mol. The van der Waals surface area contributed by atoms with Crippen molar-refractivity contribution in [3.05, 3.63) is 71.3 Å². The highest BCUT2D eigenvalue weighted by atomic mass is 35.5. The van der Waals surface area contributed by atoms with Crippen LogP contribution in [0.3, 0.4) is 0 Å². The first-order chi connectivity index (χ1) is 14.7. The minimum absolute atomic E-state index is 0.265. The van der Waals surface area contributed by atoms with Crippen LogP contribution in [0.5, 0.6) is 0 Å². The number of alkyl halides is 4. The molecule has 31 heavy (non-hydrogen) atoms. The molecule has 3 rings (SSSR count). The summed E-state index contributed by atoms with van der Waals surface area (Å²) in [6.07, 6.45) is -2.94. The van der Waals surface area contributed by atoms with Gasteiger partial charge in [0.05, 0.1) is 5.56 Å². The number of hydrogen-bond acceptors (Lipinski definition) is 3. The van der Waals surface area contributed by atoms with Crippen LogP contribution in [-0.4, -0.2) is 30.7 Å². The number of methoxy groups -OCH3 is 1. The van der Waals surface area contributed by atoms with Crippen LogP contribution in [0, 0.1) is 0 Å². The Labute approximate surface area is 184 Å². The number of carbonyl (C=O) groups excluding carboxylic acids is 1. The van der Waals surface area contributed by atoms with Gasteiger partial charge in [0.2, 0.25) is 0 Å². The maximum Gasteiger partial charge on any atom is 0.416 e. The van der Waals surface area contributed by atoms with Gasteiger partial charge in [0, 0.05) is 29.5 Å². The molecule has 1 aliphatic rings. The Kier molecular flexibility index (Phi) is 7.29. The second-order valence-corrected chi connectivity index (χ2v) is 8.52. The van der Waals surface area contributed by atoms with E-state index < -0.39 is 29.4 Å². The molecule has 1 amide bonds. The monoisotopic (exact) mass is 454 g/mol. The van der Waals surface area contributed by atoms with E-state index >= 15 is 0 Å². The average molecular weight is 455 g/mol. The number of carbonyl (C=O) groups is 1. The van der Waals surface area contributed by atoms with Crippen LogP contribution in [0.2, 0.25) is 0 Å². The number of nitrogens with one attached hydrogen (secondary N) is 1. The molecule has 0 radical (unpaired) electrons. The third-order valence-corrected chi connectivity index (χ3v) is 6.53. The summed E-state index contributed by atoms with van der Waals surface area (Å²) in [5.41, 5.74) is 5.87. The molecular weight excluding hydrogens is 429 g/mol. The van der Waals surface area contributed by atoms with E-state index in [1.807, 2.05) is 0 Å². The zero-order chi connectivity index (χ0) is 22.6. The summed E-state index contributed by atoms with van der Waals surface area (Å²) in [5.74, 6) is -0.334. The Balaban J connectivity index is 2.01. The van der Waals surface area contributed by atoms with Gasteiger partial charge in [-0.2, -0.15) is 13.2 Å². The maximum absolute atomic E-state index is 13.1. The smallest absolute Gasteiger partial charge is 0.361 e. The third-order valence-electron chi connectivity index (χ3n) is 5.99. The van der Waals surface area contributed by atoms with Gasteiger partial charge in [-0.25, -0.2) is 0 Å². The standard InChI is InChI=1S/C23H26ClF3N2O2/c1-31-21(29-20(30)15-6-3-2-4-7-15)22(13-5-8-18(24)19(28)14-22)16-9-11-17(12-10-16)23(25,26)27/h2-4,6-7,9-12,18-19,21H,5,8,13-14,28H2,1H3,(H,29,30). The van der Waals surface area contributed by atoms with Crippen LogP contribution in [0.1, 0.15) is 47.2 Å². The lowest BCUT2D eigenvalue weighted by molar-refractivity contribution is -0.137. The largest absolute Gasteiger partial charge is 0.416 e. The summed E-state index contributed by atoms with van der Waals surface area (Å²) in [6.45, 7) is 0. The van der Waals surface area contributed by atoms with E-state index in [4.69, 9.17) is 22.1 Å². The van der Waals surface area contributed by atoms with Gasteiger partial charge in [-0.05, 0) is 49.1 Å². The summed E-state index contributed by atoms with van der Waals surface area (Å²) in [7, 11) is 1.47. The molecule has 8 heteroatoms. The third kappa shape index (κ3) is 5.22. The molecule has 3 N–H and O–H groups in total. The van der Waals surface area contributed by atoms with Crippen molar-refractivity contribution in [2.24, 2.45) is 5.73 Å². The Hall–Kier alpha value is -2.09. The molecule has 168 valence electrons. The number of nitrogens with two attached hydrogens (primary N) is 1. The maximum atomic E-state index is 13.1. The van der Waals surface area contributed by atoms with Crippen molar-refractivity contribution >= 4 is 17.5 Å². The summed E-state index contributed by atoms with van der Waals surface area (Å²) in [5, 5.41) is 2.65. The van der Waals surface area contributed by atoms with E-state index in [0.717, 1.165) is 12.1 Å². The quantitative estimate of drug-likeness (QED) is 0.385. The van der Waals surface area contributed by atoms with E-state index in [0.29, 0.717) is 36.8 Å². The SMILES string of the molecule is COC(NC(=O)c1ccccc1)C1(c2ccc(C(F)(F)F)cc2)CCCC(Cl)C(N)C1. The molecule has 1 aliphatic carbocycles. The average Bonchev–Trinajstić information content (AvgIpc) is 2.91. The van der Waals surface area contributed by atoms with E-state index in [1.165, 1.54) is 19.2 Å². The first-order valence-electron chi connectivity index (χ1n) is 10.1. The van der Waals surface area contributed by atoms with Gasteiger partial charge in [-0.15, -0.1) is 11.6 Å². The first kappa shape index (κ1) is 23.6. The fourth-order valence-corrected chi connectivity index (χ4v) is 4.58. The molecule has 1 saturated carbocycles. The van der Waals surface area contributed by atoms with Crippen molar-refractivity contribution in [3.8, 4) is 0 Å². The Morgan fingerprint density at radius 3 is 2.42 bits per heavy atom. The van der Waals surface area contributed by atoms with Gasteiger partial charge in [0.1, 0.15) is 6.23 Å². The molecule has 4 atom stereocenters. The van der Waals surface area contributed by atoms with Gasteiger partial charge in [-0.1, -0.05) is 36.8 Å². The summed E-state index contributed by atoms with van der Waals surface area (Å²) < 4.78 is 45.0. The number of hydrogen-bond donors (Lipinski definition) is 2. The highest BCUT2D eigenvalue weighted by Gasteiger charge is 2.46. The van der Waals surface area contributed by atoms with Crippen LogP contribution in [0.4, 0.5) is 13.2 Å². The minimum atomic E-state index is -4.44. The van der Waals surface area contributed by atoms with Crippen molar-refractivity contribution in [1.29, 1.82) is 0 Å². The van der Waals surface area contributed by atoms with Crippen LogP contribution < -0.4 is 11.1 Å². The molecule has 1 fully saturated rings. The van der Waals surface area contributed by atoms with E-state index in [2.05, 4.69) is 5.32 Å². The molecule has 4 nitrogen and oxygen atoms in total. The Morgan fingerprint density at radius 1 is 1.19 bits per heavy atom. The fourth-order valence-electron chi connectivity index (χ4n) is 4.33. The van der Waals surface area contributed by atoms with Crippen molar-refractivity contribution < 1.29 is 22.7 Å². The number of benzene rings is 2. The number of halogens is 4. The minimum Gasteiger partial charge on any atom is -0.361 e. The van der Waals surface area contributed by atoms with Gasteiger partial charge >= 0.3 is 6.18 Å². The molecule has 4 unspecified atom stereocenters. The lowest BCUT2D eigenvalue weighted by Gasteiger charge is -2.41. The number of rotatable bonds is 5. The molecular formula is C23H26ClF3N2O2. The van der Waals surface area contributed by atoms with Crippen molar-refractivity contribution in [2.45, 2.75) is 54.9 Å². The molecule has 0 bridgehead atoms. The fraction of sp³-hybridized carbons (Fsp3) is 0.435. The van der Waals surface area contributed by atoms with Crippen molar-refractivity contribution in [2.75, 3.05) is 7.11 Å². The van der Waals surface area contributed by atoms with Crippen LogP contribution in [0.15, 0.2) is 54.6 Å². The second kappa shape index (κ2) is 9.59. The first-order valence-corrected chi connectivity index (χ1v) is 10.6. The van der Waals surface area contributed by atoms with Gasteiger partial charge in [0.15, 0.2) is 0 Å². The highest BCUT2D eigenvalue weighted by Crippen LogP contribution is 2.43. The van der Waals surface area contributed by atoms with Gasteiger partial charge in [0.25, 0.3) is 5.91 Å². The molecule has 0 aromatic heterocycles. The summed E-state index contributed by atoms with van der Waals surface area (Å²) in [6, 6.07) is 13.3. The van der Waals surface area contributed by atoms with Crippen molar-refractivity contribution in [1.82, 2.24) is 5.32 Å². The Bertz CT molecular complexity index is 877. The summed E-state index contributed by atoms with van der Waals surface area (Å²) >= 11 is 6.42. The van der Waals surface area contributed by atoms with E-state index in [-0.39, 0.29) is 11.3 Å². The lowest BCUT2D eigenvalue weighted by Crippen LogP contribution is -2.54. The van der Waals surface area contributed by atoms with Crippen molar-refractivity contribution in [3.63, 3.8) is 0 Å². The second-order valence-electron chi connectivity index (χ2n) is 7.96. The lowest BCUT2D eigenvalue weighted by atomic mass is 9.71. The zero-order valence-electron chi connectivity index (χ0n) is 17.2. The molecule has 2 aromatic carbocycles. The molecule has 2 aromatic rings. The zero-order valence-corrected chi connectivity index (χ0v) is 17.9. The van der Waals surface area contributed by atoms with Crippen LogP contribution in [0.25, 0.3) is 0 Å². The number of ether oxygens (including phenoxy) is 1. The molecule has 0 spiro atoms. The predicted octanol–water partition coefficient (Wildman–Crippen LogP) is 4.85. The molecule has 0 heterocycles. The van der Waals surface area contributed by atoms with E-state index in [9.17, 15) is 18.0 Å². The normalized spacial score (nSPS) is 25.5. The number of amides is 1. The highest BCUT2D eigenvalue weighted by molar-refractivity contribution is 6.21. The summed E-state index contributed by atoms with van der Waals surface area (Å²) in [4.78, 5) is 12.9. The topological polar surface area (TPSA) is 64.3 Å².